The second-order valence-electron chi connectivity index (χ2n) is 7.00. The molecule has 1 heterocycles. The van der Waals surface area contributed by atoms with E-state index >= 15 is 0 Å². The number of aryl methyl sites for hydroxylation is 1. The van der Waals surface area contributed by atoms with Gasteiger partial charge in [0.15, 0.2) is 12.7 Å². The predicted octanol–water partition coefficient (Wildman–Crippen LogP) is 3.31. The standard InChI is InChI=1S/C22H25ClN2O4/c1-16-6-5-7-18(14-16)29-17(2)22(27)28-15-21(26)25-12-10-24(11-13-25)20-9-4-3-8-19(20)23/h3-9,14,17H,10-13,15H2,1-2H3/t17-/m0/s1. The maximum Gasteiger partial charge on any atom is 0.347 e. The first-order valence-electron chi connectivity index (χ1n) is 9.61. The summed E-state index contributed by atoms with van der Waals surface area (Å²) < 4.78 is 10.8. The van der Waals surface area contributed by atoms with Crippen LogP contribution in [0.2, 0.25) is 5.02 Å². The molecule has 6 nitrogen and oxygen atoms in total. The molecule has 0 N–H and O–H groups in total. The number of halogens is 1. The molecule has 3 rings (SSSR count). The summed E-state index contributed by atoms with van der Waals surface area (Å²) in [5.74, 6) is -0.175. The molecule has 1 aliphatic heterocycles. The number of hydrogen-bond donors (Lipinski definition) is 0. The Labute approximate surface area is 176 Å². The van der Waals surface area contributed by atoms with E-state index in [0.29, 0.717) is 37.0 Å². The summed E-state index contributed by atoms with van der Waals surface area (Å²) in [6, 6.07) is 15.1. The van der Waals surface area contributed by atoms with Crippen molar-refractivity contribution >= 4 is 29.2 Å². The van der Waals surface area contributed by atoms with Crippen LogP contribution in [0.4, 0.5) is 5.69 Å². The average molecular weight is 417 g/mol. The number of anilines is 1. The number of rotatable bonds is 6. The fourth-order valence-corrected chi connectivity index (χ4v) is 3.44. The first-order valence-corrected chi connectivity index (χ1v) is 9.99. The minimum atomic E-state index is -0.790. The number of para-hydroxylation sites is 1. The number of ether oxygens (including phenoxy) is 2. The van der Waals surface area contributed by atoms with Gasteiger partial charge in [-0.15, -0.1) is 0 Å². The molecule has 1 atom stereocenters. The van der Waals surface area contributed by atoms with Crippen LogP contribution in [0.3, 0.4) is 0 Å². The normalized spacial score (nSPS) is 15.0. The Balaban J connectivity index is 1.44. The third-order valence-electron chi connectivity index (χ3n) is 4.80. The van der Waals surface area contributed by atoms with Crippen LogP contribution in [0, 0.1) is 6.92 Å². The van der Waals surface area contributed by atoms with E-state index in [4.69, 9.17) is 21.1 Å². The van der Waals surface area contributed by atoms with Gasteiger partial charge in [-0.3, -0.25) is 4.79 Å². The smallest absolute Gasteiger partial charge is 0.347 e. The minimum Gasteiger partial charge on any atom is -0.479 e. The fourth-order valence-electron chi connectivity index (χ4n) is 3.19. The lowest BCUT2D eigenvalue weighted by Crippen LogP contribution is -2.50. The van der Waals surface area contributed by atoms with Crippen LogP contribution < -0.4 is 9.64 Å². The van der Waals surface area contributed by atoms with Crippen molar-refractivity contribution < 1.29 is 19.1 Å². The first kappa shape index (κ1) is 21.0. The summed E-state index contributed by atoms with van der Waals surface area (Å²) in [5.41, 5.74) is 2.00. The van der Waals surface area contributed by atoms with Crippen molar-refractivity contribution in [3.05, 3.63) is 59.1 Å². The summed E-state index contributed by atoms with van der Waals surface area (Å²) in [5, 5.41) is 0.698. The molecule has 7 heteroatoms. The van der Waals surface area contributed by atoms with Gasteiger partial charge < -0.3 is 19.3 Å². The number of piperazine rings is 1. The number of esters is 1. The van der Waals surface area contributed by atoms with Crippen LogP contribution in [0.15, 0.2) is 48.5 Å². The fraction of sp³-hybridized carbons (Fsp3) is 0.364. The zero-order chi connectivity index (χ0) is 20.8. The third kappa shape index (κ3) is 5.64. The predicted molar refractivity (Wildman–Crippen MR) is 112 cm³/mol. The van der Waals surface area contributed by atoms with Crippen LogP contribution >= 0.6 is 11.6 Å². The van der Waals surface area contributed by atoms with E-state index in [1.165, 1.54) is 0 Å². The lowest BCUT2D eigenvalue weighted by molar-refractivity contribution is -0.157. The highest BCUT2D eigenvalue weighted by atomic mass is 35.5. The number of carbonyl (C=O) groups is 2. The Hall–Kier alpha value is -2.73. The first-order chi connectivity index (χ1) is 13.9. The molecule has 1 saturated heterocycles. The van der Waals surface area contributed by atoms with E-state index in [9.17, 15) is 9.59 Å². The molecule has 0 aliphatic carbocycles. The zero-order valence-corrected chi connectivity index (χ0v) is 17.4. The monoisotopic (exact) mass is 416 g/mol. The Morgan fingerprint density at radius 1 is 1.07 bits per heavy atom. The van der Waals surface area contributed by atoms with Crippen LogP contribution in [-0.2, 0) is 14.3 Å². The molecule has 2 aromatic carbocycles. The number of nitrogens with zero attached hydrogens (tertiary/aromatic N) is 2. The van der Waals surface area contributed by atoms with Gasteiger partial charge in [-0.25, -0.2) is 4.79 Å². The molecule has 0 bridgehead atoms. The molecule has 0 spiro atoms. The maximum absolute atomic E-state index is 12.4. The molecule has 2 aromatic rings. The minimum absolute atomic E-state index is 0.208. The van der Waals surface area contributed by atoms with Crippen molar-refractivity contribution in [3.8, 4) is 5.75 Å². The van der Waals surface area contributed by atoms with Crippen molar-refractivity contribution in [3.63, 3.8) is 0 Å². The quantitative estimate of drug-likeness (QED) is 0.676. The second kappa shape index (κ2) is 9.65. The van der Waals surface area contributed by atoms with Crippen molar-refractivity contribution in [2.45, 2.75) is 20.0 Å². The van der Waals surface area contributed by atoms with Crippen LogP contribution in [0.1, 0.15) is 12.5 Å². The summed E-state index contributed by atoms with van der Waals surface area (Å²) in [4.78, 5) is 28.4. The highest BCUT2D eigenvalue weighted by molar-refractivity contribution is 6.33. The number of amides is 1. The number of carbonyl (C=O) groups excluding carboxylic acids is 2. The van der Waals surface area contributed by atoms with Crippen LogP contribution in [0.5, 0.6) is 5.75 Å². The second-order valence-corrected chi connectivity index (χ2v) is 7.41. The van der Waals surface area contributed by atoms with E-state index in [0.717, 1.165) is 11.3 Å². The van der Waals surface area contributed by atoms with Gasteiger partial charge in [-0.1, -0.05) is 35.9 Å². The largest absolute Gasteiger partial charge is 0.479 e. The van der Waals surface area contributed by atoms with Crippen LogP contribution in [0.25, 0.3) is 0 Å². The van der Waals surface area contributed by atoms with E-state index < -0.39 is 12.1 Å². The summed E-state index contributed by atoms with van der Waals surface area (Å²) in [7, 11) is 0. The molecule has 1 aliphatic rings. The molecule has 0 radical (unpaired) electrons. The van der Waals surface area contributed by atoms with Gasteiger partial charge in [0.1, 0.15) is 5.75 Å². The Morgan fingerprint density at radius 2 is 1.79 bits per heavy atom. The molecule has 0 aromatic heterocycles. The lowest BCUT2D eigenvalue weighted by atomic mass is 10.2. The van der Waals surface area contributed by atoms with Crippen molar-refractivity contribution in [1.82, 2.24) is 4.90 Å². The highest BCUT2D eigenvalue weighted by Crippen LogP contribution is 2.26. The van der Waals surface area contributed by atoms with E-state index in [-0.39, 0.29) is 12.5 Å². The van der Waals surface area contributed by atoms with Crippen molar-refractivity contribution in [2.75, 3.05) is 37.7 Å². The molecule has 0 unspecified atom stereocenters. The molecule has 154 valence electrons. The van der Waals surface area contributed by atoms with Crippen molar-refractivity contribution in [1.29, 1.82) is 0 Å². The van der Waals surface area contributed by atoms with Gasteiger partial charge in [-0.2, -0.15) is 0 Å². The van der Waals surface area contributed by atoms with Gasteiger partial charge in [0.25, 0.3) is 5.91 Å². The molecule has 1 fully saturated rings. The molecule has 0 saturated carbocycles. The number of hydrogen-bond acceptors (Lipinski definition) is 5. The Bertz CT molecular complexity index is 865. The number of benzene rings is 2. The van der Waals surface area contributed by atoms with E-state index in [1.807, 2.05) is 49.4 Å². The average Bonchev–Trinajstić information content (AvgIpc) is 2.72. The van der Waals surface area contributed by atoms with Gasteiger partial charge in [0.2, 0.25) is 0 Å². The summed E-state index contributed by atoms with van der Waals surface area (Å²) >= 11 is 6.25. The molecular weight excluding hydrogens is 392 g/mol. The topological polar surface area (TPSA) is 59.1 Å². The van der Waals surface area contributed by atoms with Gasteiger partial charge in [-0.05, 0) is 43.7 Å². The Kier molecular flexibility index (Phi) is 6.99. The highest BCUT2D eigenvalue weighted by Gasteiger charge is 2.24. The van der Waals surface area contributed by atoms with Gasteiger partial charge in [0.05, 0.1) is 10.7 Å². The SMILES string of the molecule is Cc1cccc(O[C@@H](C)C(=O)OCC(=O)N2CCN(c3ccccc3Cl)CC2)c1. The maximum atomic E-state index is 12.4. The summed E-state index contributed by atoms with van der Waals surface area (Å²) in [6.07, 6.45) is -0.790. The van der Waals surface area contributed by atoms with E-state index in [1.54, 1.807) is 17.9 Å². The molecule has 1 amide bonds. The van der Waals surface area contributed by atoms with Crippen molar-refractivity contribution in [2.24, 2.45) is 0 Å². The lowest BCUT2D eigenvalue weighted by Gasteiger charge is -2.36. The Morgan fingerprint density at radius 3 is 2.48 bits per heavy atom. The van der Waals surface area contributed by atoms with Gasteiger partial charge in [0, 0.05) is 26.2 Å². The summed E-state index contributed by atoms with van der Waals surface area (Å²) in [6.45, 7) is 5.73. The van der Waals surface area contributed by atoms with Gasteiger partial charge >= 0.3 is 5.97 Å². The van der Waals surface area contributed by atoms with E-state index in [2.05, 4.69) is 4.90 Å². The third-order valence-corrected chi connectivity index (χ3v) is 5.12. The molecular formula is C22H25ClN2O4. The zero-order valence-electron chi connectivity index (χ0n) is 16.6. The molecule has 29 heavy (non-hydrogen) atoms. The van der Waals surface area contributed by atoms with Crippen LogP contribution in [-0.4, -0.2) is 55.7 Å².